The summed E-state index contributed by atoms with van der Waals surface area (Å²) >= 11 is 0. The molecule has 1 aromatic carbocycles. The van der Waals surface area contributed by atoms with Crippen LogP contribution in [-0.2, 0) is 19.7 Å². The first kappa shape index (κ1) is 9.71. The van der Waals surface area contributed by atoms with E-state index in [9.17, 15) is 9.59 Å². The fraction of sp³-hybridized carbons (Fsp3) is 0.273. The normalized spacial score (nSPS) is 23.2. The Labute approximate surface area is 87.2 Å². The molecule has 0 spiro atoms. The highest BCUT2D eigenvalue weighted by Crippen LogP contribution is 2.38. The Hall–Kier alpha value is -1.84. The number of amides is 1. The van der Waals surface area contributed by atoms with Gasteiger partial charge < -0.3 is 10.1 Å². The van der Waals surface area contributed by atoms with Gasteiger partial charge in [-0.3, -0.25) is 9.59 Å². The predicted molar refractivity (Wildman–Crippen MR) is 54.4 cm³/mol. The van der Waals surface area contributed by atoms with Crippen molar-refractivity contribution in [2.24, 2.45) is 0 Å². The van der Waals surface area contributed by atoms with Gasteiger partial charge >= 0.3 is 5.97 Å². The van der Waals surface area contributed by atoms with Crippen molar-refractivity contribution in [3.63, 3.8) is 0 Å². The van der Waals surface area contributed by atoms with E-state index in [1.807, 2.05) is 6.07 Å². The number of para-hydroxylation sites is 1. The van der Waals surface area contributed by atoms with Crippen molar-refractivity contribution in [2.45, 2.75) is 12.3 Å². The number of nitrogens with one attached hydrogen (secondary N) is 1. The molecule has 15 heavy (non-hydrogen) atoms. The van der Waals surface area contributed by atoms with Crippen LogP contribution in [0.15, 0.2) is 24.3 Å². The highest BCUT2D eigenvalue weighted by molar-refractivity contribution is 6.18. The van der Waals surface area contributed by atoms with Crippen LogP contribution in [0.25, 0.3) is 0 Å². The predicted octanol–water partition coefficient (Wildman–Crippen LogP) is 1.07. The molecule has 0 bridgehead atoms. The third-order valence-electron chi connectivity index (χ3n) is 2.76. The SMILES string of the molecule is COC(=O)[C@]1(C)C(=O)Nc2ccccc21. The molecule has 1 heterocycles. The second-order valence-electron chi connectivity index (χ2n) is 3.62. The Morgan fingerprint density at radius 1 is 1.40 bits per heavy atom. The van der Waals surface area contributed by atoms with Crippen LogP contribution >= 0.6 is 0 Å². The molecule has 2 rings (SSSR count). The number of ether oxygens (including phenoxy) is 1. The minimum Gasteiger partial charge on any atom is -0.468 e. The van der Waals surface area contributed by atoms with E-state index in [4.69, 9.17) is 0 Å². The van der Waals surface area contributed by atoms with Crippen LogP contribution < -0.4 is 5.32 Å². The molecular weight excluding hydrogens is 194 g/mol. The summed E-state index contributed by atoms with van der Waals surface area (Å²) in [6.45, 7) is 1.57. The molecule has 4 nitrogen and oxygen atoms in total. The van der Waals surface area contributed by atoms with Crippen LogP contribution in [0.4, 0.5) is 5.69 Å². The van der Waals surface area contributed by atoms with Crippen molar-refractivity contribution in [2.75, 3.05) is 12.4 Å². The lowest BCUT2D eigenvalue weighted by Gasteiger charge is -2.18. The summed E-state index contributed by atoms with van der Waals surface area (Å²) in [6, 6.07) is 7.12. The van der Waals surface area contributed by atoms with Crippen molar-refractivity contribution in [3.05, 3.63) is 29.8 Å². The van der Waals surface area contributed by atoms with E-state index in [1.165, 1.54) is 7.11 Å². The summed E-state index contributed by atoms with van der Waals surface area (Å²) < 4.78 is 4.66. The molecule has 0 fully saturated rings. The number of rotatable bonds is 1. The van der Waals surface area contributed by atoms with E-state index in [0.29, 0.717) is 11.3 Å². The zero-order valence-electron chi connectivity index (χ0n) is 8.53. The third-order valence-corrected chi connectivity index (χ3v) is 2.76. The summed E-state index contributed by atoms with van der Waals surface area (Å²) in [5.74, 6) is -0.875. The van der Waals surface area contributed by atoms with Gasteiger partial charge in [-0.05, 0) is 13.0 Å². The molecule has 4 heteroatoms. The zero-order chi connectivity index (χ0) is 11.1. The summed E-state index contributed by atoms with van der Waals surface area (Å²) in [6.07, 6.45) is 0. The number of methoxy groups -OCH3 is 1. The van der Waals surface area contributed by atoms with Gasteiger partial charge in [0.05, 0.1) is 7.11 Å². The fourth-order valence-electron chi connectivity index (χ4n) is 1.80. The van der Waals surface area contributed by atoms with Crippen LogP contribution in [0.3, 0.4) is 0 Å². The monoisotopic (exact) mass is 205 g/mol. The maximum atomic E-state index is 11.7. The van der Waals surface area contributed by atoms with Gasteiger partial charge in [-0.25, -0.2) is 0 Å². The summed E-state index contributed by atoms with van der Waals surface area (Å²) in [5.41, 5.74) is 0.128. The Kier molecular flexibility index (Phi) is 2.00. The molecule has 1 aromatic rings. The van der Waals surface area contributed by atoms with Crippen molar-refractivity contribution >= 4 is 17.6 Å². The van der Waals surface area contributed by atoms with Gasteiger partial charge in [-0.1, -0.05) is 18.2 Å². The van der Waals surface area contributed by atoms with Crippen LogP contribution in [0.5, 0.6) is 0 Å². The standard InChI is InChI=1S/C11H11NO3/c1-11(10(14)15-2)7-5-3-4-6-8(7)12-9(11)13/h3-6H,1-2H3,(H,12,13)/t11-/m0/s1. The fourth-order valence-corrected chi connectivity index (χ4v) is 1.80. The van der Waals surface area contributed by atoms with Crippen LogP contribution in [-0.4, -0.2) is 19.0 Å². The van der Waals surface area contributed by atoms with E-state index < -0.39 is 11.4 Å². The maximum Gasteiger partial charge on any atom is 0.325 e. The molecule has 1 N–H and O–H groups in total. The summed E-state index contributed by atoms with van der Waals surface area (Å²) in [7, 11) is 1.28. The van der Waals surface area contributed by atoms with Gasteiger partial charge in [0.25, 0.3) is 0 Å². The number of carbonyl (C=O) groups is 2. The minimum absolute atomic E-state index is 0.337. The van der Waals surface area contributed by atoms with Gasteiger partial charge in [-0.15, -0.1) is 0 Å². The van der Waals surface area contributed by atoms with E-state index >= 15 is 0 Å². The Morgan fingerprint density at radius 2 is 2.07 bits per heavy atom. The number of esters is 1. The van der Waals surface area contributed by atoms with Gasteiger partial charge in [0.1, 0.15) is 0 Å². The Bertz CT molecular complexity index is 431. The van der Waals surface area contributed by atoms with E-state index in [-0.39, 0.29) is 5.91 Å². The van der Waals surface area contributed by atoms with E-state index in [2.05, 4.69) is 10.1 Å². The molecule has 0 unspecified atom stereocenters. The Balaban J connectivity index is 2.59. The van der Waals surface area contributed by atoms with Crippen molar-refractivity contribution in [1.82, 2.24) is 0 Å². The molecule has 0 saturated carbocycles. The molecule has 0 saturated heterocycles. The van der Waals surface area contributed by atoms with E-state index in [0.717, 1.165) is 0 Å². The lowest BCUT2D eigenvalue weighted by molar-refractivity contribution is -0.150. The zero-order valence-corrected chi connectivity index (χ0v) is 8.53. The highest BCUT2D eigenvalue weighted by Gasteiger charge is 2.49. The first-order valence-corrected chi connectivity index (χ1v) is 4.60. The number of anilines is 1. The molecular formula is C11H11NO3. The second-order valence-corrected chi connectivity index (χ2v) is 3.62. The number of hydrogen-bond acceptors (Lipinski definition) is 3. The van der Waals surface area contributed by atoms with Crippen molar-refractivity contribution in [3.8, 4) is 0 Å². The van der Waals surface area contributed by atoms with Crippen LogP contribution in [0.2, 0.25) is 0 Å². The number of benzene rings is 1. The average Bonchev–Trinajstić information content (AvgIpc) is 2.52. The first-order valence-electron chi connectivity index (χ1n) is 4.60. The molecule has 0 radical (unpaired) electrons. The molecule has 0 aromatic heterocycles. The topological polar surface area (TPSA) is 55.4 Å². The molecule has 0 aliphatic carbocycles. The summed E-state index contributed by atoms with van der Waals surface area (Å²) in [5, 5.41) is 2.66. The average molecular weight is 205 g/mol. The van der Waals surface area contributed by atoms with Crippen LogP contribution in [0.1, 0.15) is 12.5 Å². The second kappa shape index (κ2) is 3.08. The van der Waals surface area contributed by atoms with Gasteiger partial charge in [-0.2, -0.15) is 0 Å². The molecule has 78 valence electrons. The maximum absolute atomic E-state index is 11.7. The number of carbonyl (C=O) groups excluding carboxylic acids is 2. The van der Waals surface area contributed by atoms with Gasteiger partial charge in [0, 0.05) is 11.3 Å². The quantitative estimate of drug-likeness (QED) is 0.551. The number of hydrogen-bond donors (Lipinski definition) is 1. The van der Waals surface area contributed by atoms with Gasteiger partial charge in [0.15, 0.2) is 5.41 Å². The van der Waals surface area contributed by atoms with Crippen molar-refractivity contribution < 1.29 is 14.3 Å². The highest BCUT2D eigenvalue weighted by atomic mass is 16.5. The lowest BCUT2D eigenvalue weighted by atomic mass is 9.84. The largest absolute Gasteiger partial charge is 0.468 e. The molecule has 1 aliphatic heterocycles. The van der Waals surface area contributed by atoms with E-state index in [1.54, 1.807) is 25.1 Å². The molecule has 1 atom stereocenters. The Morgan fingerprint density at radius 3 is 2.73 bits per heavy atom. The molecule has 1 aliphatic rings. The van der Waals surface area contributed by atoms with Crippen LogP contribution in [0, 0.1) is 0 Å². The minimum atomic E-state index is -1.22. The smallest absolute Gasteiger partial charge is 0.325 e. The van der Waals surface area contributed by atoms with Gasteiger partial charge in [0.2, 0.25) is 5.91 Å². The third kappa shape index (κ3) is 1.14. The first-order chi connectivity index (χ1) is 7.10. The lowest BCUT2D eigenvalue weighted by Crippen LogP contribution is -2.40. The molecule has 1 amide bonds. The van der Waals surface area contributed by atoms with Crippen molar-refractivity contribution in [1.29, 1.82) is 0 Å². The summed E-state index contributed by atoms with van der Waals surface area (Å²) in [4.78, 5) is 23.4. The number of fused-ring (bicyclic) bond motifs is 1.